The standard InChI is InChI=1S/C17H22F3N2OS/c1-15(2,3)13-9-22(24-10-13)11-16(4,5)12-6-7-14(21-8-12)23-17(18,19)20/h6-10H,11H2,1-5H3/q+1. The molecule has 0 bridgehead atoms. The molecule has 3 nitrogen and oxygen atoms in total. The van der Waals surface area contributed by atoms with Crippen molar-refractivity contribution in [2.45, 2.75) is 58.4 Å². The van der Waals surface area contributed by atoms with Gasteiger partial charge in [-0.1, -0.05) is 26.8 Å². The molecule has 0 aromatic carbocycles. The average Bonchev–Trinajstić information content (AvgIpc) is 2.85. The molecular formula is C17H22F3N2OS+. The van der Waals surface area contributed by atoms with E-state index in [2.05, 4.69) is 46.0 Å². The molecule has 2 aromatic rings. The first kappa shape index (κ1) is 18.7. The van der Waals surface area contributed by atoms with Gasteiger partial charge in [0.25, 0.3) is 0 Å². The van der Waals surface area contributed by atoms with Crippen molar-refractivity contribution in [1.82, 2.24) is 4.98 Å². The summed E-state index contributed by atoms with van der Waals surface area (Å²) in [4.78, 5) is 3.77. The molecule has 2 rings (SSSR count). The van der Waals surface area contributed by atoms with Crippen molar-refractivity contribution in [3.8, 4) is 5.88 Å². The van der Waals surface area contributed by atoms with E-state index in [0.717, 1.165) is 12.1 Å². The van der Waals surface area contributed by atoms with Gasteiger partial charge in [-0.25, -0.2) is 4.98 Å². The summed E-state index contributed by atoms with van der Waals surface area (Å²) in [5.41, 5.74) is 1.93. The maximum absolute atomic E-state index is 12.2. The van der Waals surface area contributed by atoms with Crippen LogP contribution in [0, 0.1) is 0 Å². The van der Waals surface area contributed by atoms with E-state index >= 15 is 0 Å². The van der Waals surface area contributed by atoms with Crippen LogP contribution in [0.1, 0.15) is 45.7 Å². The minimum Gasteiger partial charge on any atom is -0.388 e. The Kier molecular flexibility index (Phi) is 4.95. The summed E-state index contributed by atoms with van der Waals surface area (Å²) >= 11 is 1.63. The number of nitrogens with zero attached hydrogens (tertiary/aromatic N) is 2. The van der Waals surface area contributed by atoms with E-state index in [1.54, 1.807) is 17.6 Å². The lowest BCUT2D eigenvalue weighted by Crippen LogP contribution is -2.40. The highest BCUT2D eigenvalue weighted by molar-refractivity contribution is 6.99. The van der Waals surface area contributed by atoms with Gasteiger partial charge < -0.3 is 4.74 Å². The normalized spacial score (nSPS) is 13.2. The third kappa shape index (κ3) is 4.93. The minimum absolute atomic E-state index is 0.0873. The zero-order valence-corrected chi connectivity index (χ0v) is 15.3. The highest BCUT2D eigenvalue weighted by atomic mass is 32.1. The van der Waals surface area contributed by atoms with Crippen LogP contribution in [-0.2, 0) is 17.4 Å². The van der Waals surface area contributed by atoms with Crippen molar-refractivity contribution in [2.75, 3.05) is 0 Å². The zero-order chi connectivity index (χ0) is 18.2. The lowest BCUT2D eigenvalue weighted by Gasteiger charge is -2.20. The third-order valence-electron chi connectivity index (χ3n) is 3.75. The van der Waals surface area contributed by atoms with Crippen LogP contribution >= 0.6 is 11.5 Å². The molecule has 0 aliphatic carbocycles. The van der Waals surface area contributed by atoms with E-state index in [1.807, 2.05) is 13.8 Å². The summed E-state index contributed by atoms with van der Waals surface area (Å²) < 4.78 is 42.5. The predicted octanol–water partition coefficient (Wildman–Crippen LogP) is 4.60. The molecule has 0 N–H and O–H groups in total. The molecule has 0 atom stereocenters. The topological polar surface area (TPSA) is 26.0 Å². The van der Waals surface area contributed by atoms with Crippen LogP contribution in [0.15, 0.2) is 29.9 Å². The van der Waals surface area contributed by atoms with Crippen molar-refractivity contribution in [1.29, 1.82) is 0 Å². The second-order valence-corrected chi connectivity index (χ2v) is 8.37. The average molecular weight is 359 g/mol. The molecule has 0 aliphatic rings. The summed E-state index contributed by atoms with van der Waals surface area (Å²) in [7, 11) is 0. The number of hydrogen-bond acceptors (Lipinski definition) is 3. The minimum atomic E-state index is -4.72. The molecule has 2 heterocycles. The van der Waals surface area contributed by atoms with Gasteiger partial charge in [0.2, 0.25) is 5.88 Å². The molecule has 0 unspecified atom stereocenters. The number of halogens is 3. The second kappa shape index (κ2) is 6.35. The van der Waals surface area contributed by atoms with Gasteiger partial charge in [0, 0.05) is 17.8 Å². The SMILES string of the molecule is CC(C)(C)c1cs[n+](CC(C)(C)c2ccc(OC(F)(F)F)nc2)c1. The summed E-state index contributed by atoms with van der Waals surface area (Å²) in [5, 5.41) is 2.13. The lowest BCUT2D eigenvalue weighted by atomic mass is 9.85. The largest absolute Gasteiger partial charge is 0.574 e. The monoisotopic (exact) mass is 359 g/mol. The smallest absolute Gasteiger partial charge is 0.388 e. The predicted molar refractivity (Wildman–Crippen MR) is 87.2 cm³/mol. The molecule has 132 valence electrons. The summed E-state index contributed by atoms with van der Waals surface area (Å²) in [6, 6.07) is 2.89. The highest BCUT2D eigenvalue weighted by Gasteiger charge is 2.33. The zero-order valence-electron chi connectivity index (χ0n) is 14.4. The number of rotatable bonds is 4. The van der Waals surface area contributed by atoms with Crippen LogP contribution in [0.5, 0.6) is 5.88 Å². The molecule has 0 saturated heterocycles. The number of pyridine rings is 1. The van der Waals surface area contributed by atoms with Crippen molar-refractivity contribution in [3.05, 3.63) is 41.0 Å². The fourth-order valence-electron chi connectivity index (χ4n) is 2.23. The second-order valence-electron chi connectivity index (χ2n) is 7.45. The highest BCUT2D eigenvalue weighted by Crippen LogP contribution is 2.27. The van der Waals surface area contributed by atoms with Gasteiger partial charge >= 0.3 is 6.36 Å². The first-order valence-electron chi connectivity index (χ1n) is 7.58. The van der Waals surface area contributed by atoms with Crippen LogP contribution in [0.3, 0.4) is 0 Å². The van der Waals surface area contributed by atoms with Crippen LogP contribution in [0.4, 0.5) is 13.2 Å². The number of alkyl halides is 3. The quantitative estimate of drug-likeness (QED) is 0.746. The molecule has 0 spiro atoms. The molecule has 7 heteroatoms. The van der Waals surface area contributed by atoms with E-state index in [1.165, 1.54) is 17.8 Å². The molecule has 0 amide bonds. The molecule has 0 aliphatic heterocycles. The Balaban J connectivity index is 2.13. The van der Waals surface area contributed by atoms with Gasteiger partial charge in [-0.05, 0) is 24.8 Å². The van der Waals surface area contributed by atoms with E-state index in [4.69, 9.17) is 0 Å². The van der Waals surface area contributed by atoms with E-state index in [0.29, 0.717) is 0 Å². The maximum Gasteiger partial charge on any atom is 0.574 e. The first-order chi connectivity index (χ1) is 10.9. The Morgan fingerprint density at radius 3 is 2.21 bits per heavy atom. The summed E-state index contributed by atoms with van der Waals surface area (Å²) in [6.07, 6.45) is -1.15. The third-order valence-corrected chi connectivity index (χ3v) is 4.62. The number of ether oxygens (including phenoxy) is 1. The van der Waals surface area contributed by atoms with Crippen molar-refractivity contribution >= 4 is 11.5 Å². The Morgan fingerprint density at radius 1 is 1.08 bits per heavy atom. The fourth-order valence-corrected chi connectivity index (χ4v) is 3.47. The van der Waals surface area contributed by atoms with Crippen LogP contribution in [-0.4, -0.2) is 11.3 Å². The maximum atomic E-state index is 12.2. The van der Waals surface area contributed by atoms with Gasteiger partial charge in [-0.3, -0.25) is 0 Å². The van der Waals surface area contributed by atoms with Crippen LogP contribution in [0.2, 0.25) is 0 Å². The van der Waals surface area contributed by atoms with E-state index in [-0.39, 0.29) is 10.8 Å². The Labute approximate surface area is 144 Å². The van der Waals surface area contributed by atoms with Crippen LogP contribution < -0.4 is 8.69 Å². The first-order valence-corrected chi connectivity index (χ1v) is 8.42. The number of aromatic nitrogens is 2. The van der Waals surface area contributed by atoms with Crippen molar-refractivity contribution < 1.29 is 21.9 Å². The van der Waals surface area contributed by atoms with Gasteiger partial charge in [0.1, 0.15) is 11.5 Å². The molecule has 0 radical (unpaired) electrons. The molecule has 2 aromatic heterocycles. The fraction of sp³-hybridized carbons (Fsp3) is 0.529. The molecule has 0 fully saturated rings. The lowest BCUT2D eigenvalue weighted by molar-refractivity contribution is -0.638. The number of hydrogen-bond donors (Lipinski definition) is 0. The summed E-state index contributed by atoms with van der Waals surface area (Å²) in [5.74, 6) is -0.444. The Bertz CT molecular complexity index is 685. The molecule has 24 heavy (non-hydrogen) atoms. The van der Waals surface area contributed by atoms with Crippen LogP contribution in [0.25, 0.3) is 0 Å². The van der Waals surface area contributed by atoms with Gasteiger partial charge in [-0.2, -0.15) is 0 Å². The van der Waals surface area contributed by atoms with Gasteiger partial charge in [0.15, 0.2) is 12.7 Å². The summed E-state index contributed by atoms with van der Waals surface area (Å²) in [6.45, 7) is 11.3. The van der Waals surface area contributed by atoms with E-state index in [9.17, 15) is 13.2 Å². The van der Waals surface area contributed by atoms with Gasteiger partial charge in [0.05, 0.1) is 10.8 Å². The Hall–Kier alpha value is -1.63. The van der Waals surface area contributed by atoms with E-state index < -0.39 is 12.2 Å². The van der Waals surface area contributed by atoms with Gasteiger partial charge in [-0.15, -0.1) is 17.1 Å². The molecule has 0 saturated carbocycles. The van der Waals surface area contributed by atoms with Crippen molar-refractivity contribution in [3.63, 3.8) is 0 Å². The van der Waals surface area contributed by atoms with Crippen molar-refractivity contribution in [2.24, 2.45) is 0 Å². The Morgan fingerprint density at radius 2 is 1.75 bits per heavy atom. The molecular weight excluding hydrogens is 337 g/mol.